The minimum Gasteiger partial charge on any atom is -0.490 e. The number of methoxy groups -OCH3 is 1. The lowest BCUT2D eigenvalue weighted by molar-refractivity contribution is -0.386. The molecule has 1 aromatic carbocycles. The Morgan fingerprint density at radius 2 is 2.18 bits per heavy atom. The van der Waals surface area contributed by atoms with Crippen molar-refractivity contribution in [2.45, 2.75) is 31.2 Å². The molecule has 1 fully saturated rings. The summed E-state index contributed by atoms with van der Waals surface area (Å²) in [6, 6.07) is 5.09. The normalized spacial score (nSPS) is 18.5. The van der Waals surface area contributed by atoms with Crippen molar-refractivity contribution in [3.63, 3.8) is 0 Å². The summed E-state index contributed by atoms with van der Waals surface area (Å²) in [4.78, 5) is 10.8. The number of hydrogen-bond donors (Lipinski definition) is 1. The molecule has 0 aliphatic heterocycles. The van der Waals surface area contributed by atoms with Gasteiger partial charge in [0.15, 0.2) is 5.75 Å². The van der Waals surface area contributed by atoms with Gasteiger partial charge in [-0.1, -0.05) is 12.1 Å². The molecule has 0 bridgehead atoms. The highest BCUT2D eigenvalue weighted by molar-refractivity contribution is 5.58. The zero-order valence-electron chi connectivity index (χ0n) is 9.97. The highest BCUT2D eigenvalue weighted by atomic mass is 16.6. The average Bonchev–Trinajstić information content (AvgIpc) is 3.08. The van der Waals surface area contributed by atoms with E-state index in [0.717, 1.165) is 12.8 Å². The standard InChI is InChI=1S/C12H16N2O3/c1-8(13)12(6-7-12)9-4-3-5-10(17-2)11(9)14(15)16/h3-5,8H,6-7,13H2,1-2H3. The van der Waals surface area contributed by atoms with Crippen LogP contribution in [0.5, 0.6) is 5.75 Å². The third-order valence-electron chi connectivity index (χ3n) is 3.60. The van der Waals surface area contributed by atoms with E-state index in [9.17, 15) is 10.1 Å². The van der Waals surface area contributed by atoms with Crippen molar-refractivity contribution in [2.75, 3.05) is 7.11 Å². The predicted octanol–water partition coefficient (Wildman–Crippen LogP) is 1.98. The van der Waals surface area contributed by atoms with Crippen LogP contribution < -0.4 is 10.5 Å². The molecule has 1 unspecified atom stereocenters. The Labute approximate surface area is 99.7 Å². The molecule has 5 nitrogen and oxygen atoms in total. The summed E-state index contributed by atoms with van der Waals surface area (Å²) in [5.74, 6) is 0.305. The van der Waals surface area contributed by atoms with Crippen molar-refractivity contribution >= 4 is 5.69 Å². The molecule has 0 saturated heterocycles. The summed E-state index contributed by atoms with van der Waals surface area (Å²) in [7, 11) is 1.44. The lowest BCUT2D eigenvalue weighted by atomic mass is 9.88. The molecule has 1 atom stereocenters. The van der Waals surface area contributed by atoms with Gasteiger partial charge in [0.1, 0.15) is 0 Å². The van der Waals surface area contributed by atoms with Crippen molar-refractivity contribution in [3.05, 3.63) is 33.9 Å². The molecule has 2 rings (SSSR count). The third-order valence-corrected chi connectivity index (χ3v) is 3.60. The summed E-state index contributed by atoms with van der Waals surface area (Å²) in [6.07, 6.45) is 1.80. The molecule has 0 heterocycles. The second-order valence-corrected chi connectivity index (χ2v) is 4.56. The van der Waals surface area contributed by atoms with Gasteiger partial charge < -0.3 is 10.5 Å². The number of benzene rings is 1. The topological polar surface area (TPSA) is 78.4 Å². The first-order valence-electron chi connectivity index (χ1n) is 5.60. The molecule has 2 N–H and O–H groups in total. The molecule has 92 valence electrons. The SMILES string of the molecule is COc1cccc(C2(C(C)N)CC2)c1[N+](=O)[O-]. The number of hydrogen-bond acceptors (Lipinski definition) is 4. The van der Waals surface area contributed by atoms with Gasteiger partial charge >= 0.3 is 5.69 Å². The van der Waals surface area contributed by atoms with Crippen molar-refractivity contribution in [3.8, 4) is 5.75 Å². The van der Waals surface area contributed by atoms with E-state index in [1.165, 1.54) is 7.11 Å². The van der Waals surface area contributed by atoms with Gasteiger partial charge in [0.2, 0.25) is 0 Å². The maximum atomic E-state index is 11.2. The zero-order chi connectivity index (χ0) is 12.6. The van der Waals surface area contributed by atoms with Crippen molar-refractivity contribution in [1.82, 2.24) is 0 Å². The van der Waals surface area contributed by atoms with E-state index < -0.39 is 0 Å². The molecule has 5 heteroatoms. The first-order valence-corrected chi connectivity index (χ1v) is 5.60. The zero-order valence-corrected chi connectivity index (χ0v) is 9.97. The van der Waals surface area contributed by atoms with Crippen LogP contribution in [-0.4, -0.2) is 18.1 Å². The van der Waals surface area contributed by atoms with Gasteiger partial charge in [-0.25, -0.2) is 0 Å². The van der Waals surface area contributed by atoms with Crippen molar-refractivity contribution in [1.29, 1.82) is 0 Å². The van der Waals surface area contributed by atoms with Crippen LogP contribution in [0.1, 0.15) is 25.3 Å². The molecule has 1 aliphatic carbocycles. The Morgan fingerprint density at radius 1 is 1.53 bits per heavy atom. The first-order chi connectivity index (χ1) is 8.03. The van der Waals surface area contributed by atoms with Gasteiger partial charge in [-0.2, -0.15) is 0 Å². The summed E-state index contributed by atoms with van der Waals surface area (Å²) in [6.45, 7) is 1.90. The molecule has 1 aromatic rings. The number of nitrogens with two attached hydrogens (primary N) is 1. The molecule has 17 heavy (non-hydrogen) atoms. The molecule has 1 aliphatic rings. The predicted molar refractivity (Wildman–Crippen MR) is 64.2 cm³/mol. The van der Waals surface area contributed by atoms with Crippen LogP contribution in [0.25, 0.3) is 0 Å². The van der Waals surface area contributed by atoms with E-state index in [0.29, 0.717) is 11.3 Å². The molecule has 0 amide bonds. The molecule has 0 radical (unpaired) electrons. The van der Waals surface area contributed by atoms with Gasteiger partial charge in [0.05, 0.1) is 12.0 Å². The Morgan fingerprint density at radius 3 is 2.59 bits per heavy atom. The van der Waals surface area contributed by atoms with Crippen LogP contribution in [0.2, 0.25) is 0 Å². The molecule has 0 spiro atoms. The van der Waals surface area contributed by atoms with Gasteiger partial charge in [-0.3, -0.25) is 10.1 Å². The van der Waals surface area contributed by atoms with Gasteiger partial charge in [-0.15, -0.1) is 0 Å². The first kappa shape index (κ1) is 11.9. The van der Waals surface area contributed by atoms with E-state index in [1.54, 1.807) is 18.2 Å². The van der Waals surface area contributed by atoms with Gasteiger partial charge in [-0.05, 0) is 25.8 Å². The van der Waals surface area contributed by atoms with Crippen LogP contribution in [0, 0.1) is 10.1 Å². The van der Waals surface area contributed by atoms with Crippen molar-refractivity contribution in [2.24, 2.45) is 5.73 Å². The molecule has 1 saturated carbocycles. The molecular formula is C12H16N2O3. The van der Waals surface area contributed by atoms with E-state index in [-0.39, 0.29) is 22.1 Å². The highest BCUT2D eigenvalue weighted by Crippen LogP contribution is 2.54. The maximum absolute atomic E-state index is 11.2. The van der Waals surface area contributed by atoms with E-state index in [1.807, 2.05) is 6.92 Å². The second-order valence-electron chi connectivity index (χ2n) is 4.56. The lowest BCUT2D eigenvalue weighted by Gasteiger charge is -2.20. The number of nitro benzene ring substituents is 1. The monoisotopic (exact) mass is 236 g/mol. The average molecular weight is 236 g/mol. The maximum Gasteiger partial charge on any atom is 0.314 e. The third kappa shape index (κ3) is 1.76. The largest absolute Gasteiger partial charge is 0.490 e. The van der Waals surface area contributed by atoms with Crippen LogP contribution in [0.15, 0.2) is 18.2 Å². The lowest BCUT2D eigenvalue weighted by Crippen LogP contribution is -2.32. The van der Waals surface area contributed by atoms with Crippen LogP contribution in [-0.2, 0) is 5.41 Å². The summed E-state index contributed by atoms with van der Waals surface area (Å²) in [5, 5.41) is 11.2. The number of nitro groups is 1. The fraction of sp³-hybridized carbons (Fsp3) is 0.500. The Balaban J connectivity index is 2.58. The summed E-state index contributed by atoms with van der Waals surface area (Å²) >= 11 is 0. The number of ether oxygens (including phenoxy) is 1. The second kappa shape index (κ2) is 4.00. The quantitative estimate of drug-likeness (QED) is 0.640. The summed E-state index contributed by atoms with van der Waals surface area (Å²) < 4.78 is 5.07. The number of nitrogens with zero attached hydrogens (tertiary/aromatic N) is 1. The smallest absolute Gasteiger partial charge is 0.314 e. The van der Waals surface area contributed by atoms with Gasteiger partial charge in [0, 0.05) is 17.0 Å². The Kier molecular flexibility index (Phi) is 2.79. The Bertz CT molecular complexity index is 453. The minimum absolute atomic E-state index is 0.0600. The van der Waals surface area contributed by atoms with Crippen LogP contribution >= 0.6 is 0 Å². The van der Waals surface area contributed by atoms with E-state index in [2.05, 4.69) is 0 Å². The highest BCUT2D eigenvalue weighted by Gasteiger charge is 2.51. The number of para-hydroxylation sites is 1. The van der Waals surface area contributed by atoms with E-state index >= 15 is 0 Å². The molecular weight excluding hydrogens is 220 g/mol. The van der Waals surface area contributed by atoms with Crippen LogP contribution in [0.4, 0.5) is 5.69 Å². The van der Waals surface area contributed by atoms with E-state index in [4.69, 9.17) is 10.5 Å². The molecule has 0 aromatic heterocycles. The Hall–Kier alpha value is -1.62. The minimum atomic E-state index is -0.378. The fourth-order valence-electron chi connectivity index (χ4n) is 2.38. The van der Waals surface area contributed by atoms with Crippen LogP contribution in [0.3, 0.4) is 0 Å². The van der Waals surface area contributed by atoms with Crippen molar-refractivity contribution < 1.29 is 9.66 Å². The number of rotatable bonds is 4. The van der Waals surface area contributed by atoms with Gasteiger partial charge in [0.25, 0.3) is 0 Å². The summed E-state index contributed by atoms with van der Waals surface area (Å²) in [5.41, 5.74) is 6.49. The fourth-order valence-corrected chi connectivity index (χ4v) is 2.38.